The number of amides is 2. The maximum absolute atomic E-state index is 13.3. The first-order valence-corrected chi connectivity index (χ1v) is 5.03. The molecule has 1 N–H and O–H groups in total. The fourth-order valence-electron chi connectivity index (χ4n) is 1.70. The van der Waals surface area contributed by atoms with E-state index >= 15 is 0 Å². The molecule has 6 heteroatoms. The van der Waals surface area contributed by atoms with Crippen molar-refractivity contribution in [3.8, 4) is 0 Å². The molecule has 0 bridgehead atoms. The van der Waals surface area contributed by atoms with Crippen LogP contribution in [0.1, 0.15) is 5.56 Å². The van der Waals surface area contributed by atoms with E-state index in [2.05, 4.69) is 5.32 Å². The molecular formula is C11H10F2N2O2. The number of carbonyl (C=O) groups is 2. The zero-order valence-corrected chi connectivity index (χ0v) is 8.87. The molecule has 1 aliphatic heterocycles. The number of hydrogen-bond donors (Lipinski definition) is 1. The highest BCUT2D eigenvalue weighted by Gasteiger charge is 2.23. The molecule has 1 fully saturated rings. The number of nitrogens with one attached hydrogen (secondary N) is 1. The molecule has 1 heterocycles. The van der Waals surface area contributed by atoms with E-state index in [0.29, 0.717) is 0 Å². The molecule has 1 aromatic carbocycles. The third-order valence-corrected chi connectivity index (χ3v) is 2.42. The number of halogens is 2. The Morgan fingerprint density at radius 3 is 2.41 bits per heavy atom. The number of benzene rings is 1. The Balaban J connectivity index is 2.10. The molecule has 0 atom stereocenters. The van der Waals surface area contributed by atoms with Gasteiger partial charge in [-0.05, 0) is 6.07 Å². The number of imide groups is 1. The first-order valence-electron chi connectivity index (χ1n) is 5.03. The molecule has 17 heavy (non-hydrogen) atoms. The average Bonchev–Trinajstić information content (AvgIpc) is 2.21. The van der Waals surface area contributed by atoms with Crippen LogP contribution in [0, 0.1) is 11.6 Å². The molecule has 0 spiro atoms. The number of hydrogen-bond acceptors (Lipinski definition) is 3. The van der Waals surface area contributed by atoms with Gasteiger partial charge >= 0.3 is 0 Å². The minimum absolute atomic E-state index is 0.0303. The van der Waals surface area contributed by atoms with E-state index in [-0.39, 0.29) is 25.2 Å². The summed E-state index contributed by atoms with van der Waals surface area (Å²) in [6, 6.07) is 3.23. The molecule has 1 aromatic rings. The van der Waals surface area contributed by atoms with Crippen molar-refractivity contribution in [1.29, 1.82) is 0 Å². The first-order chi connectivity index (χ1) is 8.04. The zero-order chi connectivity index (χ0) is 12.4. The quantitative estimate of drug-likeness (QED) is 0.762. The minimum Gasteiger partial charge on any atom is -0.294 e. The summed E-state index contributed by atoms with van der Waals surface area (Å²) in [5.41, 5.74) is 0.258. The summed E-state index contributed by atoms with van der Waals surface area (Å²) in [6.07, 6.45) is 0. The van der Waals surface area contributed by atoms with Gasteiger partial charge in [-0.15, -0.1) is 0 Å². The molecule has 4 nitrogen and oxygen atoms in total. The van der Waals surface area contributed by atoms with Gasteiger partial charge in [-0.3, -0.25) is 19.8 Å². The Morgan fingerprint density at radius 1 is 1.18 bits per heavy atom. The molecule has 0 unspecified atom stereocenters. The molecule has 1 saturated heterocycles. The van der Waals surface area contributed by atoms with Gasteiger partial charge < -0.3 is 0 Å². The van der Waals surface area contributed by atoms with Gasteiger partial charge in [0.25, 0.3) is 0 Å². The SMILES string of the molecule is O=C1CN(Cc2ccc(F)cc2F)CC(=O)N1. The molecular weight excluding hydrogens is 230 g/mol. The Kier molecular flexibility index (Phi) is 3.14. The summed E-state index contributed by atoms with van der Waals surface area (Å²) in [7, 11) is 0. The number of rotatable bonds is 2. The van der Waals surface area contributed by atoms with Crippen molar-refractivity contribution in [3.05, 3.63) is 35.4 Å². The Morgan fingerprint density at radius 2 is 1.82 bits per heavy atom. The van der Waals surface area contributed by atoms with Gasteiger partial charge in [-0.1, -0.05) is 6.07 Å². The second-order valence-corrected chi connectivity index (χ2v) is 3.85. The van der Waals surface area contributed by atoms with Crippen molar-refractivity contribution in [3.63, 3.8) is 0 Å². The Hall–Kier alpha value is -1.82. The van der Waals surface area contributed by atoms with Crippen LogP contribution in [0.2, 0.25) is 0 Å². The molecule has 0 radical (unpaired) electrons. The van der Waals surface area contributed by atoms with E-state index < -0.39 is 23.4 Å². The van der Waals surface area contributed by atoms with E-state index in [1.807, 2.05) is 0 Å². The second kappa shape index (κ2) is 4.58. The van der Waals surface area contributed by atoms with Crippen LogP contribution in [0.25, 0.3) is 0 Å². The van der Waals surface area contributed by atoms with Crippen molar-refractivity contribution in [2.45, 2.75) is 6.54 Å². The zero-order valence-electron chi connectivity index (χ0n) is 8.87. The Labute approximate surface area is 96.2 Å². The van der Waals surface area contributed by atoms with Gasteiger partial charge in [0.2, 0.25) is 11.8 Å². The van der Waals surface area contributed by atoms with Crippen LogP contribution >= 0.6 is 0 Å². The second-order valence-electron chi connectivity index (χ2n) is 3.85. The van der Waals surface area contributed by atoms with Gasteiger partial charge in [-0.2, -0.15) is 0 Å². The predicted molar refractivity (Wildman–Crippen MR) is 54.8 cm³/mol. The van der Waals surface area contributed by atoms with E-state index in [1.54, 1.807) is 0 Å². The van der Waals surface area contributed by atoms with Crippen LogP contribution in [0.4, 0.5) is 8.78 Å². The number of carbonyl (C=O) groups excluding carboxylic acids is 2. The third-order valence-electron chi connectivity index (χ3n) is 2.42. The van der Waals surface area contributed by atoms with Crippen LogP contribution < -0.4 is 5.32 Å². The lowest BCUT2D eigenvalue weighted by Gasteiger charge is -2.25. The third kappa shape index (κ3) is 2.85. The highest BCUT2D eigenvalue weighted by Crippen LogP contribution is 2.12. The van der Waals surface area contributed by atoms with Crippen LogP contribution in [0.15, 0.2) is 18.2 Å². The van der Waals surface area contributed by atoms with Crippen LogP contribution in [0.5, 0.6) is 0 Å². The summed E-state index contributed by atoms with van der Waals surface area (Å²) in [4.78, 5) is 23.7. The largest absolute Gasteiger partial charge is 0.294 e. The fourth-order valence-corrected chi connectivity index (χ4v) is 1.70. The topological polar surface area (TPSA) is 49.4 Å². The minimum atomic E-state index is -0.677. The van der Waals surface area contributed by atoms with Gasteiger partial charge in [-0.25, -0.2) is 8.78 Å². The number of nitrogens with zero attached hydrogens (tertiary/aromatic N) is 1. The maximum atomic E-state index is 13.3. The maximum Gasteiger partial charge on any atom is 0.240 e. The van der Waals surface area contributed by atoms with Gasteiger partial charge in [0.15, 0.2) is 0 Å². The molecule has 0 aliphatic carbocycles. The molecule has 1 aliphatic rings. The monoisotopic (exact) mass is 240 g/mol. The van der Waals surface area contributed by atoms with Gasteiger partial charge in [0.1, 0.15) is 11.6 Å². The lowest BCUT2D eigenvalue weighted by Crippen LogP contribution is -2.50. The van der Waals surface area contributed by atoms with Crippen molar-refractivity contribution < 1.29 is 18.4 Å². The first kappa shape index (κ1) is 11.7. The van der Waals surface area contributed by atoms with E-state index in [4.69, 9.17) is 0 Å². The fraction of sp³-hybridized carbons (Fsp3) is 0.273. The summed E-state index contributed by atoms with van der Waals surface area (Å²) >= 11 is 0. The van der Waals surface area contributed by atoms with Crippen LogP contribution in [-0.2, 0) is 16.1 Å². The van der Waals surface area contributed by atoms with Gasteiger partial charge in [0.05, 0.1) is 13.1 Å². The standard InChI is InChI=1S/C11H10F2N2O2/c12-8-2-1-7(9(13)3-8)4-15-5-10(16)14-11(17)6-15/h1-3H,4-6H2,(H,14,16,17). The molecule has 2 amide bonds. The summed E-state index contributed by atoms with van der Waals surface area (Å²) in [5, 5.41) is 2.15. The normalized spacial score (nSPS) is 17.1. The van der Waals surface area contributed by atoms with Gasteiger partial charge in [0, 0.05) is 18.2 Å². The molecule has 0 saturated carbocycles. The highest BCUT2D eigenvalue weighted by molar-refractivity contribution is 5.99. The number of piperazine rings is 1. The van der Waals surface area contributed by atoms with E-state index in [1.165, 1.54) is 11.0 Å². The van der Waals surface area contributed by atoms with Crippen LogP contribution in [0.3, 0.4) is 0 Å². The predicted octanol–water partition coefficient (Wildman–Crippen LogP) is 0.423. The lowest BCUT2D eigenvalue weighted by atomic mass is 10.2. The Bertz CT molecular complexity index is 461. The summed E-state index contributed by atoms with van der Waals surface area (Å²) in [5.74, 6) is -2.16. The van der Waals surface area contributed by atoms with E-state index in [0.717, 1.165) is 12.1 Å². The van der Waals surface area contributed by atoms with Crippen LogP contribution in [-0.4, -0.2) is 29.8 Å². The van der Waals surface area contributed by atoms with Crippen molar-refractivity contribution in [2.75, 3.05) is 13.1 Å². The van der Waals surface area contributed by atoms with Crippen molar-refractivity contribution >= 4 is 11.8 Å². The summed E-state index contributed by atoms with van der Waals surface area (Å²) in [6.45, 7) is 0.163. The highest BCUT2D eigenvalue weighted by atomic mass is 19.1. The lowest BCUT2D eigenvalue weighted by molar-refractivity contribution is -0.136. The smallest absolute Gasteiger partial charge is 0.240 e. The molecule has 0 aromatic heterocycles. The molecule has 90 valence electrons. The molecule has 2 rings (SSSR count). The van der Waals surface area contributed by atoms with E-state index in [9.17, 15) is 18.4 Å². The van der Waals surface area contributed by atoms with Crippen molar-refractivity contribution in [2.24, 2.45) is 0 Å². The van der Waals surface area contributed by atoms with Crippen molar-refractivity contribution in [1.82, 2.24) is 10.2 Å². The average molecular weight is 240 g/mol. The summed E-state index contributed by atoms with van der Waals surface area (Å²) < 4.78 is 26.0.